The van der Waals surface area contributed by atoms with Crippen LogP contribution in [0.15, 0.2) is 71.8 Å². The van der Waals surface area contributed by atoms with Gasteiger partial charge in [0.2, 0.25) is 10.0 Å². The summed E-state index contributed by atoms with van der Waals surface area (Å²) in [4.78, 5) is 5.07. The predicted octanol–water partition coefficient (Wildman–Crippen LogP) is 5.18. The number of aromatic nitrogens is 1. The van der Waals surface area contributed by atoms with Gasteiger partial charge in [-0.15, -0.1) is 11.3 Å². The molecule has 0 aliphatic carbocycles. The van der Waals surface area contributed by atoms with E-state index in [-0.39, 0.29) is 4.90 Å². The molecule has 0 spiro atoms. The molecule has 32 heavy (non-hydrogen) atoms. The third-order valence-corrected chi connectivity index (χ3v) is 8.17. The zero-order valence-electron chi connectivity index (χ0n) is 16.8. The molecule has 0 amide bonds. The lowest BCUT2D eigenvalue weighted by Gasteiger charge is -2.19. The first-order valence-corrected chi connectivity index (χ1v) is 12.7. The summed E-state index contributed by atoms with van der Waals surface area (Å²) in [5.41, 5.74) is 0.820. The number of thiophene rings is 1. The molecule has 2 aromatic heterocycles. The smallest absolute Gasteiger partial charge is 0.241 e. The third kappa shape index (κ3) is 4.19. The van der Waals surface area contributed by atoms with E-state index < -0.39 is 16.1 Å². The average Bonchev–Trinajstić information content (AvgIpc) is 3.10. The molecule has 0 saturated heterocycles. The van der Waals surface area contributed by atoms with Crippen LogP contribution in [0.1, 0.15) is 22.9 Å². The van der Waals surface area contributed by atoms with Crippen molar-refractivity contribution in [3.63, 3.8) is 0 Å². The Balaban J connectivity index is 1.55. The van der Waals surface area contributed by atoms with Crippen molar-refractivity contribution in [2.45, 2.75) is 17.4 Å². The van der Waals surface area contributed by atoms with E-state index in [1.165, 1.54) is 23.5 Å². The molecule has 1 atom stereocenters. The van der Waals surface area contributed by atoms with Crippen LogP contribution in [0.2, 0.25) is 5.15 Å². The molecule has 0 fully saturated rings. The number of pyridine rings is 1. The summed E-state index contributed by atoms with van der Waals surface area (Å²) in [7, 11) is -3.88. The lowest BCUT2D eigenvalue weighted by Crippen LogP contribution is -2.29. The highest BCUT2D eigenvalue weighted by Gasteiger charge is 2.26. The summed E-state index contributed by atoms with van der Waals surface area (Å²) in [5, 5.41) is 1.32. The van der Waals surface area contributed by atoms with Crippen LogP contribution in [0.4, 0.5) is 0 Å². The van der Waals surface area contributed by atoms with Crippen molar-refractivity contribution >= 4 is 43.0 Å². The monoisotopic (exact) mass is 486 g/mol. The van der Waals surface area contributed by atoms with Crippen molar-refractivity contribution in [3.8, 4) is 11.5 Å². The minimum absolute atomic E-state index is 0.114. The highest BCUT2D eigenvalue weighted by atomic mass is 35.5. The van der Waals surface area contributed by atoms with Gasteiger partial charge in [-0.1, -0.05) is 41.9 Å². The average molecular weight is 487 g/mol. The van der Waals surface area contributed by atoms with Crippen LogP contribution in [0.25, 0.3) is 10.1 Å². The second kappa shape index (κ2) is 8.71. The van der Waals surface area contributed by atoms with Crippen molar-refractivity contribution in [2.24, 2.45) is 0 Å². The Morgan fingerprint density at radius 1 is 1.00 bits per heavy atom. The van der Waals surface area contributed by atoms with E-state index in [9.17, 15) is 8.42 Å². The zero-order valence-corrected chi connectivity index (χ0v) is 19.2. The van der Waals surface area contributed by atoms with Crippen LogP contribution in [0.5, 0.6) is 11.5 Å². The van der Waals surface area contributed by atoms with E-state index in [4.69, 9.17) is 21.1 Å². The molecule has 9 heteroatoms. The highest BCUT2D eigenvalue weighted by Crippen LogP contribution is 2.37. The molecule has 1 aliphatic rings. The van der Waals surface area contributed by atoms with E-state index in [1.54, 1.807) is 12.3 Å². The largest absolute Gasteiger partial charge is 0.490 e. The molecule has 3 heterocycles. The van der Waals surface area contributed by atoms with Crippen LogP contribution in [-0.4, -0.2) is 26.6 Å². The first-order chi connectivity index (χ1) is 15.5. The maximum Gasteiger partial charge on any atom is 0.241 e. The summed E-state index contributed by atoms with van der Waals surface area (Å²) in [5.74, 6) is 0.981. The normalized spacial score (nSPS) is 14.8. The third-order valence-electron chi connectivity index (χ3n) is 5.13. The van der Waals surface area contributed by atoms with Gasteiger partial charge >= 0.3 is 0 Å². The summed E-state index contributed by atoms with van der Waals surface area (Å²) in [6, 6.07) is 17.3. The molecule has 0 unspecified atom stereocenters. The molecular weight excluding hydrogens is 468 g/mol. The van der Waals surface area contributed by atoms with Crippen LogP contribution in [0, 0.1) is 0 Å². The zero-order chi connectivity index (χ0) is 22.1. The van der Waals surface area contributed by atoms with Crippen molar-refractivity contribution in [1.29, 1.82) is 0 Å². The molecule has 0 saturated carbocycles. The van der Waals surface area contributed by atoms with Crippen LogP contribution in [0.3, 0.4) is 0 Å². The second-order valence-electron chi connectivity index (χ2n) is 7.29. The maximum absolute atomic E-state index is 13.4. The Morgan fingerprint density at radius 2 is 1.78 bits per heavy atom. The van der Waals surface area contributed by atoms with Crippen LogP contribution in [-0.2, 0) is 10.0 Å². The standard InChI is InChI=1S/C23H19ClN2O4S2/c24-23-22-16(9-10-25-23)13-20(31-22)21(15-5-2-1-3-6-15)26-32(27,28)17-7-8-18-19(14-17)30-12-4-11-29-18/h1-3,5-10,13-14,21,26H,4,11-12H2/t21-/m1/s1. The molecule has 1 aliphatic heterocycles. The highest BCUT2D eigenvalue weighted by molar-refractivity contribution is 7.89. The fourth-order valence-corrected chi connectivity index (χ4v) is 6.25. The number of halogens is 1. The van der Waals surface area contributed by atoms with Gasteiger partial charge in [-0.05, 0) is 35.2 Å². The molecule has 0 bridgehead atoms. The van der Waals surface area contributed by atoms with E-state index in [0.717, 1.165) is 26.9 Å². The topological polar surface area (TPSA) is 77.5 Å². The molecule has 5 rings (SSSR count). The number of rotatable bonds is 5. The van der Waals surface area contributed by atoms with Gasteiger partial charge in [0.15, 0.2) is 11.5 Å². The van der Waals surface area contributed by atoms with Gasteiger partial charge in [-0.3, -0.25) is 0 Å². The van der Waals surface area contributed by atoms with Gasteiger partial charge in [0.1, 0.15) is 5.15 Å². The quantitative estimate of drug-likeness (QED) is 0.393. The van der Waals surface area contributed by atoms with Crippen molar-refractivity contribution in [2.75, 3.05) is 13.2 Å². The van der Waals surface area contributed by atoms with Crippen molar-refractivity contribution in [1.82, 2.24) is 9.71 Å². The summed E-state index contributed by atoms with van der Waals surface area (Å²) < 4.78 is 41.8. The van der Waals surface area contributed by atoms with Gasteiger partial charge in [0.05, 0.1) is 28.9 Å². The van der Waals surface area contributed by atoms with Gasteiger partial charge in [-0.2, -0.15) is 4.72 Å². The Bertz CT molecular complexity index is 1370. The van der Waals surface area contributed by atoms with Gasteiger partial charge in [0, 0.05) is 23.6 Å². The fourth-order valence-electron chi connectivity index (χ4n) is 3.56. The Labute approximate surface area is 194 Å². The number of ether oxygens (including phenoxy) is 2. The van der Waals surface area contributed by atoms with Crippen molar-refractivity contribution < 1.29 is 17.9 Å². The lowest BCUT2D eigenvalue weighted by atomic mass is 10.1. The molecule has 2 aromatic carbocycles. The van der Waals surface area contributed by atoms with Gasteiger partial charge < -0.3 is 9.47 Å². The fraction of sp³-hybridized carbons (Fsp3) is 0.174. The molecule has 6 nitrogen and oxygen atoms in total. The number of sulfonamides is 1. The predicted molar refractivity (Wildman–Crippen MR) is 125 cm³/mol. The number of hydrogen-bond donors (Lipinski definition) is 1. The van der Waals surface area contributed by atoms with Crippen LogP contribution >= 0.6 is 22.9 Å². The van der Waals surface area contributed by atoms with E-state index in [2.05, 4.69) is 9.71 Å². The molecular formula is C23H19ClN2O4S2. The van der Waals surface area contributed by atoms with E-state index in [1.807, 2.05) is 42.5 Å². The second-order valence-corrected chi connectivity index (χ2v) is 10.4. The molecule has 0 radical (unpaired) electrons. The first-order valence-electron chi connectivity index (χ1n) is 10.0. The SMILES string of the molecule is O=S(=O)(N[C@H](c1ccccc1)c1cc2ccnc(Cl)c2s1)c1ccc2c(c1)OCCCO2. The Kier molecular flexibility index (Phi) is 5.77. The molecule has 164 valence electrons. The van der Waals surface area contributed by atoms with Crippen LogP contribution < -0.4 is 14.2 Å². The van der Waals surface area contributed by atoms with Gasteiger partial charge in [0.25, 0.3) is 0 Å². The molecule has 1 N–H and O–H groups in total. The maximum atomic E-state index is 13.4. The lowest BCUT2D eigenvalue weighted by molar-refractivity contribution is 0.297. The number of fused-ring (bicyclic) bond motifs is 2. The number of nitrogens with one attached hydrogen (secondary N) is 1. The van der Waals surface area contributed by atoms with Gasteiger partial charge in [-0.25, -0.2) is 13.4 Å². The Hall–Kier alpha value is -2.65. The number of benzene rings is 2. The summed E-state index contributed by atoms with van der Waals surface area (Å²) in [6.45, 7) is 1.02. The Morgan fingerprint density at radius 3 is 2.56 bits per heavy atom. The summed E-state index contributed by atoms with van der Waals surface area (Å²) >= 11 is 7.69. The first kappa shape index (κ1) is 21.2. The van der Waals surface area contributed by atoms with Crippen molar-refractivity contribution in [3.05, 3.63) is 82.5 Å². The minimum atomic E-state index is -3.88. The van der Waals surface area contributed by atoms with E-state index in [0.29, 0.717) is 29.9 Å². The van der Waals surface area contributed by atoms with E-state index >= 15 is 0 Å². The minimum Gasteiger partial charge on any atom is -0.490 e. The molecule has 4 aromatic rings. The summed E-state index contributed by atoms with van der Waals surface area (Å²) in [6.07, 6.45) is 2.38. The number of nitrogens with zero attached hydrogens (tertiary/aromatic N) is 1. The number of hydrogen-bond acceptors (Lipinski definition) is 6.